The second kappa shape index (κ2) is 6.37. The Morgan fingerprint density at radius 1 is 1.38 bits per heavy atom. The van der Waals surface area contributed by atoms with Crippen molar-refractivity contribution < 1.29 is 4.52 Å². The fraction of sp³-hybridized carbons (Fsp3) is 0.500. The quantitative estimate of drug-likeness (QED) is 0.928. The highest BCUT2D eigenvalue weighted by Crippen LogP contribution is 2.13. The summed E-state index contributed by atoms with van der Waals surface area (Å²) in [6, 6.07) is 8.82. The van der Waals surface area contributed by atoms with Crippen molar-refractivity contribution in [2.24, 2.45) is 0 Å². The zero-order chi connectivity index (χ0) is 14.7. The van der Waals surface area contributed by atoms with Crippen LogP contribution < -0.4 is 5.32 Å². The summed E-state index contributed by atoms with van der Waals surface area (Å²) in [6.07, 6.45) is 0.729. The van der Waals surface area contributed by atoms with Gasteiger partial charge in [0.2, 0.25) is 5.89 Å². The molecule has 1 atom stereocenters. The van der Waals surface area contributed by atoms with E-state index in [4.69, 9.17) is 4.52 Å². The summed E-state index contributed by atoms with van der Waals surface area (Å²) in [6.45, 7) is 8.13. The van der Waals surface area contributed by atoms with E-state index in [9.17, 15) is 0 Å². The van der Waals surface area contributed by atoms with Gasteiger partial charge in [0.1, 0.15) is 0 Å². The monoisotopic (exact) mass is 286 g/mol. The molecule has 5 nitrogen and oxygen atoms in total. The summed E-state index contributed by atoms with van der Waals surface area (Å²) >= 11 is 0. The van der Waals surface area contributed by atoms with E-state index in [0.717, 1.165) is 38.4 Å². The van der Waals surface area contributed by atoms with Crippen molar-refractivity contribution in [2.75, 3.05) is 19.6 Å². The summed E-state index contributed by atoms with van der Waals surface area (Å²) in [5.41, 5.74) is 2.51. The predicted octanol–water partition coefficient (Wildman–Crippen LogP) is 1.76. The molecular weight excluding hydrogens is 264 g/mol. The van der Waals surface area contributed by atoms with Crippen molar-refractivity contribution in [3.05, 3.63) is 47.1 Å². The number of piperazine rings is 1. The molecule has 5 heteroatoms. The number of aromatic nitrogens is 2. The normalized spacial score (nSPS) is 19.8. The number of hydrogen-bond acceptors (Lipinski definition) is 5. The lowest BCUT2D eigenvalue weighted by atomic mass is 10.1. The SMILES string of the molecule is Cc1ccccc1Cc1noc(CN2CCNC[C@H]2C)n1. The van der Waals surface area contributed by atoms with Gasteiger partial charge in [-0.1, -0.05) is 29.4 Å². The Kier molecular flexibility index (Phi) is 4.31. The minimum atomic E-state index is 0.505. The molecule has 21 heavy (non-hydrogen) atoms. The Balaban J connectivity index is 1.65. The first-order valence-corrected chi connectivity index (χ1v) is 7.53. The molecule has 0 saturated carbocycles. The van der Waals surface area contributed by atoms with Crippen molar-refractivity contribution in [3.63, 3.8) is 0 Å². The van der Waals surface area contributed by atoms with Crippen LogP contribution in [0, 0.1) is 6.92 Å². The maximum Gasteiger partial charge on any atom is 0.240 e. The molecule has 0 aliphatic carbocycles. The first-order valence-electron chi connectivity index (χ1n) is 7.53. The first-order chi connectivity index (χ1) is 10.2. The van der Waals surface area contributed by atoms with Gasteiger partial charge < -0.3 is 9.84 Å². The molecule has 1 aromatic carbocycles. The van der Waals surface area contributed by atoms with Gasteiger partial charge in [0, 0.05) is 32.1 Å². The van der Waals surface area contributed by atoms with Crippen LogP contribution in [0.1, 0.15) is 29.8 Å². The standard InChI is InChI=1S/C16H22N4O/c1-12-5-3-4-6-14(12)9-15-18-16(21-19-15)11-20-8-7-17-10-13(20)2/h3-6,13,17H,7-11H2,1-2H3/t13-/m1/s1. The number of hydrogen-bond donors (Lipinski definition) is 1. The van der Waals surface area contributed by atoms with Gasteiger partial charge in [0.05, 0.1) is 6.54 Å². The van der Waals surface area contributed by atoms with Gasteiger partial charge >= 0.3 is 0 Å². The minimum absolute atomic E-state index is 0.505. The number of rotatable bonds is 4. The summed E-state index contributed by atoms with van der Waals surface area (Å²) in [4.78, 5) is 6.91. The number of nitrogens with zero attached hydrogens (tertiary/aromatic N) is 3. The molecule has 0 amide bonds. The summed E-state index contributed by atoms with van der Waals surface area (Å²) in [5, 5.41) is 7.50. The molecule has 1 fully saturated rings. The molecule has 1 N–H and O–H groups in total. The van der Waals surface area contributed by atoms with Crippen molar-refractivity contribution in [2.45, 2.75) is 32.9 Å². The Morgan fingerprint density at radius 2 is 2.24 bits per heavy atom. The Morgan fingerprint density at radius 3 is 3.05 bits per heavy atom. The van der Waals surface area contributed by atoms with Crippen LogP contribution in [0.5, 0.6) is 0 Å². The maximum absolute atomic E-state index is 5.40. The van der Waals surface area contributed by atoms with Crippen LogP contribution in [-0.2, 0) is 13.0 Å². The molecule has 3 rings (SSSR count). The smallest absolute Gasteiger partial charge is 0.240 e. The highest BCUT2D eigenvalue weighted by molar-refractivity contribution is 5.27. The molecule has 0 unspecified atom stereocenters. The molecule has 0 spiro atoms. The second-order valence-corrected chi connectivity index (χ2v) is 5.73. The van der Waals surface area contributed by atoms with E-state index < -0.39 is 0 Å². The van der Waals surface area contributed by atoms with Gasteiger partial charge in [-0.15, -0.1) is 0 Å². The van der Waals surface area contributed by atoms with E-state index in [-0.39, 0.29) is 0 Å². The van der Waals surface area contributed by atoms with Crippen LogP contribution in [0.4, 0.5) is 0 Å². The molecule has 0 radical (unpaired) electrons. The molecular formula is C16H22N4O. The molecule has 112 valence electrons. The van der Waals surface area contributed by atoms with Crippen molar-refractivity contribution in [1.82, 2.24) is 20.4 Å². The van der Waals surface area contributed by atoms with Crippen LogP contribution in [-0.4, -0.2) is 40.7 Å². The third kappa shape index (κ3) is 3.49. The topological polar surface area (TPSA) is 54.2 Å². The molecule has 1 aliphatic heterocycles. The summed E-state index contributed by atoms with van der Waals surface area (Å²) in [5.74, 6) is 1.48. The Hall–Kier alpha value is -1.72. The van der Waals surface area contributed by atoms with E-state index in [2.05, 4.69) is 46.3 Å². The zero-order valence-corrected chi connectivity index (χ0v) is 12.7. The highest BCUT2D eigenvalue weighted by atomic mass is 16.5. The number of benzene rings is 1. The third-order valence-electron chi connectivity index (χ3n) is 4.10. The van der Waals surface area contributed by atoms with Gasteiger partial charge in [-0.25, -0.2) is 0 Å². The number of aryl methyl sites for hydroxylation is 1. The molecule has 2 aromatic rings. The summed E-state index contributed by atoms with van der Waals surface area (Å²) < 4.78 is 5.40. The van der Waals surface area contributed by atoms with Crippen molar-refractivity contribution >= 4 is 0 Å². The lowest BCUT2D eigenvalue weighted by molar-refractivity contribution is 0.146. The highest BCUT2D eigenvalue weighted by Gasteiger charge is 2.20. The van der Waals surface area contributed by atoms with E-state index in [1.165, 1.54) is 11.1 Å². The van der Waals surface area contributed by atoms with E-state index >= 15 is 0 Å². The first kappa shape index (κ1) is 14.2. The lowest BCUT2D eigenvalue weighted by Crippen LogP contribution is -2.49. The molecule has 1 saturated heterocycles. The van der Waals surface area contributed by atoms with Gasteiger partial charge in [-0.3, -0.25) is 4.90 Å². The fourth-order valence-corrected chi connectivity index (χ4v) is 2.70. The van der Waals surface area contributed by atoms with Crippen molar-refractivity contribution in [1.29, 1.82) is 0 Å². The molecule has 1 aliphatic rings. The third-order valence-corrected chi connectivity index (χ3v) is 4.10. The number of nitrogens with one attached hydrogen (secondary N) is 1. The van der Waals surface area contributed by atoms with Crippen molar-refractivity contribution in [3.8, 4) is 0 Å². The van der Waals surface area contributed by atoms with Gasteiger partial charge in [-0.2, -0.15) is 4.98 Å². The van der Waals surface area contributed by atoms with Crippen LogP contribution >= 0.6 is 0 Å². The lowest BCUT2D eigenvalue weighted by Gasteiger charge is -2.32. The zero-order valence-electron chi connectivity index (χ0n) is 12.7. The summed E-state index contributed by atoms with van der Waals surface area (Å²) in [7, 11) is 0. The van der Waals surface area contributed by atoms with E-state index in [1.807, 2.05) is 12.1 Å². The molecule has 2 heterocycles. The average molecular weight is 286 g/mol. The molecule has 1 aromatic heterocycles. The van der Waals surface area contributed by atoms with Gasteiger partial charge in [0.25, 0.3) is 0 Å². The van der Waals surface area contributed by atoms with Gasteiger partial charge in [-0.05, 0) is 25.0 Å². The van der Waals surface area contributed by atoms with E-state index in [0.29, 0.717) is 11.9 Å². The maximum atomic E-state index is 5.40. The second-order valence-electron chi connectivity index (χ2n) is 5.73. The van der Waals surface area contributed by atoms with Crippen LogP contribution in [0.25, 0.3) is 0 Å². The largest absolute Gasteiger partial charge is 0.338 e. The predicted molar refractivity (Wildman–Crippen MR) is 81.0 cm³/mol. The van der Waals surface area contributed by atoms with E-state index in [1.54, 1.807) is 0 Å². The Bertz CT molecular complexity index is 595. The Labute approximate surface area is 125 Å². The van der Waals surface area contributed by atoms with Crippen LogP contribution in [0.2, 0.25) is 0 Å². The van der Waals surface area contributed by atoms with Crippen LogP contribution in [0.3, 0.4) is 0 Å². The molecule has 0 bridgehead atoms. The average Bonchev–Trinajstić information content (AvgIpc) is 2.91. The van der Waals surface area contributed by atoms with Gasteiger partial charge in [0.15, 0.2) is 5.82 Å². The van der Waals surface area contributed by atoms with Crippen LogP contribution in [0.15, 0.2) is 28.8 Å². The minimum Gasteiger partial charge on any atom is -0.338 e. The fourth-order valence-electron chi connectivity index (χ4n) is 2.70.